The Kier molecular flexibility index (Phi) is 4.98. The van der Waals surface area contributed by atoms with E-state index in [1.807, 2.05) is 0 Å². The normalized spacial score (nSPS) is 17.9. The highest BCUT2D eigenvalue weighted by Crippen LogP contribution is 2.42. The fourth-order valence-electron chi connectivity index (χ4n) is 3.57. The molecule has 3 aromatic rings. The molecule has 150 valence electrons. The molecule has 6 heteroatoms. The lowest BCUT2D eigenvalue weighted by atomic mass is 9.95. The van der Waals surface area contributed by atoms with E-state index in [0.717, 1.165) is 0 Å². The number of hydrogen-bond donors (Lipinski definition) is 2. The fourth-order valence-corrected chi connectivity index (χ4v) is 3.57. The topological polar surface area (TPSA) is 87.1 Å². The molecule has 0 aliphatic carbocycles. The highest BCUT2D eigenvalue weighted by molar-refractivity contribution is 6.51. The van der Waals surface area contributed by atoms with E-state index < -0.39 is 17.7 Å². The molecule has 1 atom stereocenters. The molecule has 4 rings (SSSR count). The van der Waals surface area contributed by atoms with Gasteiger partial charge in [-0.15, -0.1) is 0 Å². The van der Waals surface area contributed by atoms with Crippen molar-refractivity contribution >= 4 is 23.1 Å². The Morgan fingerprint density at radius 1 is 0.900 bits per heavy atom. The first kappa shape index (κ1) is 19.3. The third-order valence-electron chi connectivity index (χ3n) is 5.05. The first-order valence-corrected chi connectivity index (χ1v) is 9.30. The third-order valence-corrected chi connectivity index (χ3v) is 5.05. The minimum atomic E-state index is -0.833. The summed E-state index contributed by atoms with van der Waals surface area (Å²) < 4.78 is 5.21. The molecule has 0 spiro atoms. The van der Waals surface area contributed by atoms with Crippen LogP contribution in [0.25, 0.3) is 5.76 Å². The lowest BCUT2D eigenvalue weighted by Gasteiger charge is -2.25. The molecule has 1 saturated heterocycles. The molecular weight excluding hydrogens is 382 g/mol. The van der Waals surface area contributed by atoms with E-state index in [9.17, 15) is 19.8 Å². The molecule has 3 aromatic carbocycles. The zero-order valence-electron chi connectivity index (χ0n) is 16.1. The SMILES string of the molecule is COc1ccc([C@H]2C(=C(O)c3ccccc3)C(=O)C(=O)N2c2ccc(O)cc2)cc1. The Morgan fingerprint density at radius 3 is 2.13 bits per heavy atom. The number of ketones is 1. The number of amides is 1. The van der Waals surface area contributed by atoms with Crippen LogP contribution in [0.4, 0.5) is 5.69 Å². The van der Waals surface area contributed by atoms with Crippen LogP contribution < -0.4 is 9.64 Å². The monoisotopic (exact) mass is 401 g/mol. The average molecular weight is 401 g/mol. The van der Waals surface area contributed by atoms with Gasteiger partial charge in [-0.2, -0.15) is 0 Å². The summed E-state index contributed by atoms with van der Waals surface area (Å²) in [6.07, 6.45) is 0. The molecule has 1 fully saturated rings. The standard InChI is InChI=1S/C24H19NO5/c1-30-19-13-7-15(8-14-19)21-20(22(27)16-5-3-2-4-6-16)23(28)24(29)25(21)17-9-11-18(26)12-10-17/h2-14,21,26-27H,1H3/t21-/m0/s1. The number of phenols is 1. The molecule has 1 aliphatic heterocycles. The number of ether oxygens (including phenoxy) is 1. The van der Waals surface area contributed by atoms with Crippen molar-refractivity contribution in [2.75, 3.05) is 12.0 Å². The second-order valence-electron chi connectivity index (χ2n) is 6.82. The number of aliphatic hydroxyl groups excluding tert-OH is 1. The molecule has 1 aliphatic rings. The summed E-state index contributed by atoms with van der Waals surface area (Å²) in [7, 11) is 1.55. The summed E-state index contributed by atoms with van der Waals surface area (Å²) in [6.45, 7) is 0. The van der Waals surface area contributed by atoms with E-state index in [1.165, 1.54) is 17.0 Å². The number of phenolic OH excluding ortho intramolecular Hbond substituents is 1. The van der Waals surface area contributed by atoms with E-state index in [-0.39, 0.29) is 17.1 Å². The van der Waals surface area contributed by atoms with Crippen LogP contribution in [-0.2, 0) is 9.59 Å². The van der Waals surface area contributed by atoms with Gasteiger partial charge in [0.15, 0.2) is 0 Å². The molecule has 1 heterocycles. The quantitative estimate of drug-likeness (QED) is 0.392. The predicted molar refractivity (Wildman–Crippen MR) is 112 cm³/mol. The van der Waals surface area contributed by atoms with E-state index >= 15 is 0 Å². The van der Waals surface area contributed by atoms with Crippen molar-refractivity contribution in [3.63, 3.8) is 0 Å². The Hall–Kier alpha value is -4.06. The van der Waals surface area contributed by atoms with Gasteiger partial charge in [0.1, 0.15) is 17.3 Å². The first-order chi connectivity index (χ1) is 14.5. The minimum absolute atomic E-state index is 0.00411. The Bertz CT molecular complexity index is 1120. The maximum absolute atomic E-state index is 13.0. The highest BCUT2D eigenvalue weighted by Gasteiger charge is 2.46. The zero-order chi connectivity index (χ0) is 21.3. The van der Waals surface area contributed by atoms with E-state index in [1.54, 1.807) is 73.8 Å². The number of Topliss-reactive ketones (excluding diaryl/α,β-unsaturated/α-hetero) is 1. The van der Waals surface area contributed by atoms with Crippen molar-refractivity contribution in [1.82, 2.24) is 0 Å². The van der Waals surface area contributed by atoms with Crippen LogP contribution in [-0.4, -0.2) is 29.0 Å². The number of methoxy groups -OCH3 is 1. The highest BCUT2D eigenvalue weighted by atomic mass is 16.5. The number of aliphatic hydroxyl groups is 1. The number of anilines is 1. The van der Waals surface area contributed by atoms with E-state index in [4.69, 9.17) is 4.74 Å². The number of benzene rings is 3. The number of carbonyl (C=O) groups is 2. The number of aromatic hydroxyl groups is 1. The maximum atomic E-state index is 13.0. The molecule has 2 N–H and O–H groups in total. The van der Waals surface area contributed by atoms with Crippen molar-refractivity contribution in [3.05, 3.63) is 95.6 Å². The number of rotatable bonds is 4. The molecule has 0 unspecified atom stereocenters. The van der Waals surface area contributed by atoms with Gasteiger partial charge in [0, 0.05) is 11.3 Å². The van der Waals surface area contributed by atoms with Crippen LogP contribution in [0.15, 0.2) is 84.4 Å². The minimum Gasteiger partial charge on any atom is -0.508 e. The van der Waals surface area contributed by atoms with Gasteiger partial charge in [-0.05, 0) is 42.0 Å². The van der Waals surface area contributed by atoms with Crippen LogP contribution >= 0.6 is 0 Å². The van der Waals surface area contributed by atoms with Gasteiger partial charge in [-0.1, -0.05) is 42.5 Å². The summed E-state index contributed by atoms with van der Waals surface area (Å²) in [6, 6.07) is 20.8. The average Bonchev–Trinajstić information content (AvgIpc) is 3.05. The van der Waals surface area contributed by atoms with Gasteiger partial charge in [-0.3, -0.25) is 14.5 Å². The predicted octanol–water partition coefficient (Wildman–Crippen LogP) is 4.03. The Labute approximate surface area is 173 Å². The van der Waals surface area contributed by atoms with Gasteiger partial charge in [0.25, 0.3) is 11.7 Å². The van der Waals surface area contributed by atoms with Crippen LogP contribution in [0.1, 0.15) is 17.2 Å². The summed E-state index contributed by atoms with van der Waals surface area (Å²) >= 11 is 0. The second kappa shape index (κ2) is 7.75. The summed E-state index contributed by atoms with van der Waals surface area (Å²) in [5.41, 5.74) is 1.52. The number of carbonyl (C=O) groups excluding carboxylic acids is 2. The lowest BCUT2D eigenvalue weighted by Crippen LogP contribution is -2.29. The van der Waals surface area contributed by atoms with Crippen LogP contribution in [0.2, 0.25) is 0 Å². The molecule has 0 radical (unpaired) electrons. The van der Waals surface area contributed by atoms with Crippen LogP contribution in [0.3, 0.4) is 0 Å². The van der Waals surface area contributed by atoms with Gasteiger partial charge in [0.05, 0.1) is 18.7 Å². The Balaban J connectivity index is 1.92. The largest absolute Gasteiger partial charge is 0.508 e. The van der Waals surface area contributed by atoms with E-state index in [2.05, 4.69) is 0 Å². The van der Waals surface area contributed by atoms with Crippen molar-refractivity contribution in [1.29, 1.82) is 0 Å². The van der Waals surface area contributed by atoms with Crippen molar-refractivity contribution < 1.29 is 24.5 Å². The van der Waals surface area contributed by atoms with Crippen molar-refractivity contribution in [3.8, 4) is 11.5 Å². The summed E-state index contributed by atoms with van der Waals surface area (Å²) in [4.78, 5) is 27.3. The van der Waals surface area contributed by atoms with Crippen LogP contribution in [0, 0.1) is 0 Å². The van der Waals surface area contributed by atoms with Crippen LogP contribution in [0.5, 0.6) is 11.5 Å². The fraction of sp³-hybridized carbons (Fsp3) is 0.0833. The molecule has 0 bridgehead atoms. The molecular formula is C24H19NO5. The van der Waals surface area contributed by atoms with Gasteiger partial charge in [0.2, 0.25) is 0 Å². The summed E-state index contributed by atoms with van der Waals surface area (Å²) in [5, 5.41) is 20.6. The molecule has 0 saturated carbocycles. The number of hydrogen-bond acceptors (Lipinski definition) is 5. The lowest BCUT2D eigenvalue weighted by molar-refractivity contribution is -0.132. The number of nitrogens with zero attached hydrogens (tertiary/aromatic N) is 1. The Morgan fingerprint density at radius 2 is 1.53 bits per heavy atom. The third kappa shape index (κ3) is 3.28. The van der Waals surface area contributed by atoms with Gasteiger partial charge < -0.3 is 14.9 Å². The van der Waals surface area contributed by atoms with Gasteiger partial charge in [-0.25, -0.2) is 0 Å². The second-order valence-corrected chi connectivity index (χ2v) is 6.82. The first-order valence-electron chi connectivity index (χ1n) is 9.30. The molecule has 30 heavy (non-hydrogen) atoms. The van der Waals surface area contributed by atoms with Crippen molar-refractivity contribution in [2.24, 2.45) is 0 Å². The molecule has 1 amide bonds. The summed E-state index contributed by atoms with van der Waals surface area (Å²) in [5.74, 6) is -1.09. The smallest absolute Gasteiger partial charge is 0.300 e. The molecule has 6 nitrogen and oxygen atoms in total. The van der Waals surface area contributed by atoms with E-state index in [0.29, 0.717) is 22.6 Å². The zero-order valence-corrected chi connectivity index (χ0v) is 16.1. The molecule has 0 aromatic heterocycles. The van der Waals surface area contributed by atoms with Crippen molar-refractivity contribution in [2.45, 2.75) is 6.04 Å². The van der Waals surface area contributed by atoms with Gasteiger partial charge >= 0.3 is 0 Å². The maximum Gasteiger partial charge on any atom is 0.300 e.